The minimum Gasteiger partial charge on any atom is -0.481 e. The number of methoxy groups -OCH3 is 2. The number of carbonyl (C=O) groups is 2. The number of likely N-dealkylation sites (tertiary alicyclic amines) is 1. The van der Waals surface area contributed by atoms with E-state index in [1.165, 1.54) is 7.11 Å². The average molecular weight is 766 g/mol. The predicted octanol–water partition coefficient (Wildman–Crippen LogP) is 6.45. The van der Waals surface area contributed by atoms with Gasteiger partial charge < -0.3 is 30.0 Å². The molecule has 0 radical (unpaired) electrons. The summed E-state index contributed by atoms with van der Waals surface area (Å²) in [5, 5.41) is 16.0. The molecule has 2 atom stereocenters. The third-order valence-corrected chi connectivity index (χ3v) is 10.6. The lowest BCUT2D eigenvalue weighted by molar-refractivity contribution is -0.147. The zero-order chi connectivity index (χ0) is 38.1. The monoisotopic (exact) mass is 765 g/mol. The molecule has 11 nitrogen and oxygen atoms in total. The number of rotatable bonds is 13. The van der Waals surface area contributed by atoms with E-state index < -0.39 is 35.6 Å². The Balaban J connectivity index is 1.12. The zero-order valence-corrected chi connectivity index (χ0v) is 30.4. The van der Waals surface area contributed by atoms with Crippen LogP contribution < -0.4 is 24.8 Å². The number of aromatic nitrogens is 2. The minimum atomic E-state index is -4.76. The maximum Gasteiger partial charge on any atom is 0.421 e. The molecule has 4 heterocycles. The first-order valence-corrected chi connectivity index (χ1v) is 18.0. The van der Waals surface area contributed by atoms with Crippen LogP contribution in [0.4, 0.5) is 13.2 Å². The first-order chi connectivity index (χ1) is 25.9. The summed E-state index contributed by atoms with van der Waals surface area (Å²) >= 11 is 7.10. The fraction of sp³-hybridized carbons (Fsp3) is 0.385. The van der Waals surface area contributed by atoms with Gasteiger partial charge in [0.15, 0.2) is 0 Å². The van der Waals surface area contributed by atoms with Gasteiger partial charge in [-0.2, -0.15) is 18.2 Å². The van der Waals surface area contributed by atoms with Gasteiger partial charge in [-0.25, -0.2) is 4.98 Å². The van der Waals surface area contributed by atoms with Crippen molar-refractivity contribution in [3.05, 3.63) is 87.4 Å². The summed E-state index contributed by atoms with van der Waals surface area (Å²) in [6, 6.07) is 16.1. The standard InChI is InChI=1S/C39H39ClF3N5O6/c1-52-35-21(16-44-17-24-10-14-33(49)45-24)9-12-31(46-35)29-8-4-7-28(34(29)40)25-5-3-6-27-26(25)11-13-32(27)54-37-30(39(41,42)43)15-22(36(47-37)53-2)18-48-19-23(20-48)38(50)51/h3-9,12,15,23-24,32,44H,10-11,13-14,16-20H2,1-2H3,(H,45,49)(H,50,51)/t24-,32-/m0/s1. The molecule has 7 rings (SSSR count). The van der Waals surface area contributed by atoms with Crippen molar-refractivity contribution in [2.24, 2.45) is 5.92 Å². The van der Waals surface area contributed by atoms with Crippen molar-refractivity contribution < 1.29 is 42.1 Å². The first kappa shape index (κ1) is 37.4. The molecule has 4 aromatic rings. The first-order valence-electron chi connectivity index (χ1n) is 17.7. The Bertz CT molecular complexity index is 2080. The highest BCUT2D eigenvalue weighted by Crippen LogP contribution is 2.46. The summed E-state index contributed by atoms with van der Waals surface area (Å²) in [5.74, 6) is -1.58. The molecule has 2 aliphatic heterocycles. The number of ether oxygens (including phenoxy) is 3. The largest absolute Gasteiger partial charge is 0.481 e. The van der Waals surface area contributed by atoms with Crippen LogP contribution in [0.15, 0.2) is 54.6 Å². The molecule has 2 fully saturated rings. The lowest BCUT2D eigenvalue weighted by atomic mass is 9.94. The van der Waals surface area contributed by atoms with Gasteiger partial charge in [-0.05, 0) is 48.1 Å². The Morgan fingerprint density at radius 2 is 1.69 bits per heavy atom. The summed E-state index contributed by atoms with van der Waals surface area (Å²) in [5.41, 5.74) is 4.54. The topological polar surface area (TPSA) is 135 Å². The lowest BCUT2D eigenvalue weighted by Gasteiger charge is -2.36. The number of nitrogens with zero attached hydrogens (tertiary/aromatic N) is 3. The second-order valence-electron chi connectivity index (χ2n) is 13.7. The van der Waals surface area contributed by atoms with Crippen LogP contribution in [-0.2, 0) is 35.3 Å². The number of hydrogen-bond donors (Lipinski definition) is 3. The van der Waals surface area contributed by atoms with Gasteiger partial charge in [0.2, 0.25) is 23.5 Å². The number of nitrogens with one attached hydrogen (secondary N) is 2. The Hall–Kier alpha value is -4.92. The Morgan fingerprint density at radius 3 is 2.39 bits per heavy atom. The van der Waals surface area contributed by atoms with E-state index in [1.807, 2.05) is 48.5 Å². The number of fused-ring (bicyclic) bond motifs is 1. The van der Waals surface area contributed by atoms with E-state index in [-0.39, 0.29) is 43.0 Å². The maximum atomic E-state index is 14.4. The molecule has 0 bridgehead atoms. The van der Waals surface area contributed by atoms with E-state index in [2.05, 4.69) is 15.6 Å². The van der Waals surface area contributed by atoms with Crippen LogP contribution in [0.2, 0.25) is 5.02 Å². The molecule has 1 aliphatic carbocycles. The predicted molar refractivity (Wildman–Crippen MR) is 193 cm³/mol. The smallest absolute Gasteiger partial charge is 0.421 e. The number of hydrogen-bond acceptors (Lipinski definition) is 9. The lowest BCUT2D eigenvalue weighted by Crippen LogP contribution is -2.49. The van der Waals surface area contributed by atoms with Crippen LogP contribution in [0.5, 0.6) is 17.6 Å². The van der Waals surface area contributed by atoms with Crippen LogP contribution in [0.3, 0.4) is 0 Å². The number of aliphatic carboxylic acids is 1. The van der Waals surface area contributed by atoms with Gasteiger partial charge >= 0.3 is 12.1 Å². The van der Waals surface area contributed by atoms with E-state index in [0.717, 1.165) is 40.3 Å². The quantitative estimate of drug-likeness (QED) is 0.139. The Kier molecular flexibility index (Phi) is 10.7. The molecule has 0 saturated carbocycles. The molecule has 0 spiro atoms. The average Bonchev–Trinajstić information content (AvgIpc) is 3.74. The van der Waals surface area contributed by atoms with E-state index in [4.69, 9.17) is 30.8 Å². The molecular weight excluding hydrogens is 727 g/mol. The van der Waals surface area contributed by atoms with Crippen molar-refractivity contribution >= 4 is 23.5 Å². The van der Waals surface area contributed by atoms with Crippen LogP contribution in [0.1, 0.15) is 53.2 Å². The number of carboxylic acids is 1. The second-order valence-corrected chi connectivity index (χ2v) is 14.1. The number of carbonyl (C=O) groups excluding carboxylic acids is 1. The molecule has 2 aromatic heterocycles. The zero-order valence-electron chi connectivity index (χ0n) is 29.6. The van der Waals surface area contributed by atoms with E-state index in [1.54, 1.807) is 12.0 Å². The molecular formula is C39H39ClF3N5O6. The van der Waals surface area contributed by atoms with Crippen molar-refractivity contribution in [2.75, 3.05) is 33.9 Å². The minimum absolute atomic E-state index is 0.0130. The Labute approximate surface area is 314 Å². The number of pyridine rings is 2. The highest BCUT2D eigenvalue weighted by atomic mass is 35.5. The number of alkyl halides is 3. The highest BCUT2D eigenvalue weighted by molar-refractivity contribution is 6.36. The van der Waals surface area contributed by atoms with Crippen LogP contribution in [0.25, 0.3) is 22.4 Å². The highest BCUT2D eigenvalue weighted by Gasteiger charge is 2.40. The van der Waals surface area contributed by atoms with E-state index in [9.17, 15) is 27.9 Å². The van der Waals surface area contributed by atoms with Crippen LogP contribution in [-0.4, -0.2) is 71.7 Å². The summed E-state index contributed by atoms with van der Waals surface area (Å²) in [4.78, 5) is 33.4. The van der Waals surface area contributed by atoms with Gasteiger partial charge in [0.05, 0.1) is 30.9 Å². The summed E-state index contributed by atoms with van der Waals surface area (Å²) in [6.07, 6.45) is -3.19. The molecule has 0 unspecified atom stereocenters. The van der Waals surface area contributed by atoms with Crippen molar-refractivity contribution in [1.29, 1.82) is 0 Å². The van der Waals surface area contributed by atoms with Crippen molar-refractivity contribution in [3.8, 4) is 40.0 Å². The van der Waals surface area contributed by atoms with Gasteiger partial charge in [0.25, 0.3) is 0 Å². The van der Waals surface area contributed by atoms with Gasteiger partial charge in [0.1, 0.15) is 11.7 Å². The molecule has 2 aromatic carbocycles. The second kappa shape index (κ2) is 15.4. The van der Waals surface area contributed by atoms with Crippen molar-refractivity contribution in [2.45, 2.75) is 57.1 Å². The Morgan fingerprint density at radius 1 is 0.963 bits per heavy atom. The number of carboxylic acid groups (broad SMARTS) is 1. The molecule has 2 saturated heterocycles. The summed E-state index contributed by atoms with van der Waals surface area (Å²) in [6.45, 7) is 1.65. The number of benzene rings is 2. The molecule has 54 heavy (non-hydrogen) atoms. The summed E-state index contributed by atoms with van der Waals surface area (Å²) < 4.78 is 60.4. The molecule has 1 amide bonds. The van der Waals surface area contributed by atoms with Gasteiger partial charge in [0, 0.05) is 67.4 Å². The third kappa shape index (κ3) is 7.68. The third-order valence-electron chi connectivity index (χ3n) is 10.2. The maximum absolute atomic E-state index is 14.4. The van der Waals surface area contributed by atoms with E-state index >= 15 is 0 Å². The van der Waals surface area contributed by atoms with Crippen LogP contribution >= 0.6 is 11.6 Å². The fourth-order valence-corrected chi connectivity index (χ4v) is 7.73. The van der Waals surface area contributed by atoms with Gasteiger partial charge in [-0.15, -0.1) is 0 Å². The molecule has 3 N–H and O–H groups in total. The SMILES string of the molecule is COc1nc(-c2cccc(-c3cccc4c3CC[C@@H]4Oc3nc(OC)c(CN4CC(C(=O)O)C4)cc3C(F)(F)F)c2Cl)ccc1CNC[C@@H]1CCC(=O)N1. The molecule has 284 valence electrons. The van der Waals surface area contributed by atoms with Crippen molar-refractivity contribution in [1.82, 2.24) is 25.5 Å². The van der Waals surface area contributed by atoms with Crippen molar-refractivity contribution in [3.63, 3.8) is 0 Å². The van der Waals surface area contributed by atoms with Gasteiger partial charge in [-0.1, -0.05) is 54.1 Å². The number of amides is 1. The normalized spacial score (nSPS) is 18.6. The van der Waals surface area contributed by atoms with E-state index in [0.29, 0.717) is 54.5 Å². The number of halogens is 4. The molecule has 3 aliphatic rings. The fourth-order valence-electron chi connectivity index (χ4n) is 7.41. The van der Waals surface area contributed by atoms with Crippen LogP contribution in [0, 0.1) is 5.92 Å². The molecule has 15 heteroatoms. The van der Waals surface area contributed by atoms with Gasteiger partial charge in [-0.3, -0.25) is 14.5 Å². The summed E-state index contributed by atoms with van der Waals surface area (Å²) in [7, 11) is 2.88.